The Bertz CT molecular complexity index is 308. The van der Waals surface area contributed by atoms with Crippen molar-refractivity contribution in [2.24, 2.45) is 45.6 Å². The second-order valence-corrected chi connectivity index (χ2v) is 8.89. The highest BCUT2D eigenvalue weighted by atomic mass is 14.7. The van der Waals surface area contributed by atoms with Crippen molar-refractivity contribution in [2.45, 2.75) is 71.8 Å². The first-order valence-electron chi connectivity index (χ1n) is 9.09. The molecule has 2 aliphatic rings. The van der Waals surface area contributed by atoms with E-state index in [9.17, 15) is 0 Å². The second kappa shape index (κ2) is 8.62. The Kier molecular flexibility index (Phi) is 7.80. The molecule has 4 unspecified atom stereocenters. The topological polar surface area (TPSA) is 104 Å². The zero-order chi connectivity index (χ0) is 16.8. The molecule has 132 valence electrons. The van der Waals surface area contributed by atoms with E-state index < -0.39 is 0 Å². The molecule has 0 bridgehead atoms. The van der Waals surface area contributed by atoms with Crippen molar-refractivity contribution >= 4 is 0 Å². The molecule has 2 fully saturated rings. The molecule has 0 aromatic heterocycles. The van der Waals surface area contributed by atoms with Gasteiger partial charge in [0.05, 0.1) is 0 Å². The molecule has 0 aromatic rings. The van der Waals surface area contributed by atoms with Gasteiger partial charge in [0.2, 0.25) is 0 Å². The molecule has 2 rings (SSSR count). The normalized spacial score (nSPS) is 38.0. The van der Waals surface area contributed by atoms with Crippen molar-refractivity contribution < 1.29 is 0 Å². The highest BCUT2D eigenvalue weighted by Crippen LogP contribution is 2.44. The third-order valence-corrected chi connectivity index (χ3v) is 5.53. The van der Waals surface area contributed by atoms with E-state index >= 15 is 0 Å². The van der Waals surface area contributed by atoms with Gasteiger partial charge in [-0.2, -0.15) is 0 Å². The van der Waals surface area contributed by atoms with Crippen LogP contribution in [-0.2, 0) is 0 Å². The maximum absolute atomic E-state index is 6.01. The van der Waals surface area contributed by atoms with Crippen molar-refractivity contribution in [3.63, 3.8) is 0 Å². The first-order valence-corrected chi connectivity index (χ1v) is 9.09. The van der Waals surface area contributed by atoms with Crippen LogP contribution in [0.3, 0.4) is 0 Å². The standard InChI is InChI=1S/C10H22N2.C8H18N2/c1-9(2)4-8(12)5-10(3,6-9)7-11;9-5-7-2-1-3-8(4-7)6-10/h8H,4-7,11-12H2,1-3H3;7-8H,1-6,9-10H2. The average molecular weight is 313 g/mol. The van der Waals surface area contributed by atoms with Crippen molar-refractivity contribution in [1.82, 2.24) is 0 Å². The van der Waals surface area contributed by atoms with Gasteiger partial charge in [0.25, 0.3) is 0 Å². The fraction of sp³-hybridized carbons (Fsp3) is 1.00. The number of rotatable bonds is 3. The zero-order valence-corrected chi connectivity index (χ0v) is 15.1. The molecule has 0 aliphatic heterocycles. The maximum Gasteiger partial charge on any atom is 0.00495 e. The lowest BCUT2D eigenvalue weighted by molar-refractivity contribution is 0.0904. The molecule has 4 atom stereocenters. The molecule has 0 aromatic carbocycles. The SMILES string of the molecule is CC1(C)CC(N)CC(C)(CN)C1.NCC1CCCC(CN)C1. The number of nitrogens with two attached hydrogens (primary N) is 4. The second-order valence-electron chi connectivity index (χ2n) is 8.89. The van der Waals surface area contributed by atoms with Gasteiger partial charge in [0.15, 0.2) is 0 Å². The Hall–Kier alpha value is -0.160. The van der Waals surface area contributed by atoms with Crippen molar-refractivity contribution in [3.8, 4) is 0 Å². The van der Waals surface area contributed by atoms with E-state index in [1.165, 1.54) is 32.1 Å². The van der Waals surface area contributed by atoms with E-state index in [0.29, 0.717) is 11.5 Å². The van der Waals surface area contributed by atoms with E-state index in [4.69, 9.17) is 22.9 Å². The molecule has 2 saturated carbocycles. The van der Waals surface area contributed by atoms with Crippen molar-refractivity contribution in [2.75, 3.05) is 19.6 Å². The van der Waals surface area contributed by atoms with Gasteiger partial charge in [-0.3, -0.25) is 0 Å². The summed E-state index contributed by atoms with van der Waals surface area (Å²) < 4.78 is 0. The lowest BCUT2D eigenvalue weighted by atomic mass is 9.63. The van der Waals surface area contributed by atoms with Gasteiger partial charge >= 0.3 is 0 Å². The average Bonchev–Trinajstić information content (AvgIpc) is 2.45. The summed E-state index contributed by atoms with van der Waals surface area (Å²) in [7, 11) is 0. The third kappa shape index (κ3) is 6.53. The first-order chi connectivity index (χ1) is 10.2. The largest absolute Gasteiger partial charge is 0.330 e. The first kappa shape index (κ1) is 19.9. The van der Waals surface area contributed by atoms with E-state index in [1.807, 2.05) is 0 Å². The highest BCUT2D eigenvalue weighted by Gasteiger charge is 2.38. The molecule has 0 heterocycles. The van der Waals surface area contributed by atoms with Crippen molar-refractivity contribution in [3.05, 3.63) is 0 Å². The molecule has 4 heteroatoms. The van der Waals surface area contributed by atoms with Crippen molar-refractivity contribution in [1.29, 1.82) is 0 Å². The Labute approximate surface area is 137 Å². The van der Waals surface area contributed by atoms with E-state index in [2.05, 4.69) is 20.8 Å². The van der Waals surface area contributed by atoms with Crippen LogP contribution in [0.1, 0.15) is 65.7 Å². The lowest BCUT2D eigenvalue weighted by Crippen LogP contribution is -2.45. The Balaban J connectivity index is 0.000000224. The number of hydrogen-bond donors (Lipinski definition) is 4. The fourth-order valence-electron chi connectivity index (χ4n) is 4.70. The van der Waals surface area contributed by atoms with Crippen LogP contribution in [0, 0.1) is 22.7 Å². The van der Waals surface area contributed by atoms with Gasteiger partial charge in [0.1, 0.15) is 0 Å². The minimum atomic E-state index is 0.279. The molecule has 2 aliphatic carbocycles. The van der Waals surface area contributed by atoms with Gasteiger partial charge in [-0.25, -0.2) is 0 Å². The van der Waals surface area contributed by atoms with E-state index in [1.54, 1.807) is 0 Å². The molecular formula is C18H40N4. The summed E-state index contributed by atoms with van der Waals surface area (Å²) in [6, 6.07) is 0.349. The Morgan fingerprint density at radius 1 is 0.909 bits per heavy atom. The van der Waals surface area contributed by atoms with Gasteiger partial charge in [0, 0.05) is 6.04 Å². The Morgan fingerprint density at radius 3 is 1.86 bits per heavy atom. The van der Waals surface area contributed by atoms with Crippen LogP contribution in [0.25, 0.3) is 0 Å². The molecule has 8 N–H and O–H groups in total. The summed E-state index contributed by atoms with van der Waals surface area (Å²) in [6.07, 6.45) is 8.70. The molecule has 22 heavy (non-hydrogen) atoms. The summed E-state index contributed by atoms with van der Waals surface area (Å²) in [5, 5.41) is 0. The Morgan fingerprint density at radius 2 is 1.45 bits per heavy atom. The minimum Gasteiger partial charge on any atom is -0.330 e. The van der Waals surface area contributed by atoms with Crippen LogP contribution >= 0.6 is 0 Å². The van der Waals surface area contributed by atoms with Crippen LogP contribution in [0.2, 0.25) is 0 Å². The molecule has 0 saturated heterocycles. The van der Waals surface area contributed by atoms with E-state index in [0.717, 1.165) is 44.3 Å². The fourth-order valence-corrected chi connectivity index (χ4v) is 4.70. The van der Waals surface area contributed by atoms with Gasteiger partial charge in [-0.1, -0.05) is 27.2 Å². The molecule has 0 amide bonds. The van der Waals surface area contributed by atoms with Crippen LogP contribution in [0.5, 0.6) is 0 Å². The lowest BCUT2D eigenvalue weighted by Gasteiger charge is -2.45. The van der Waals surface area contributed by atoms with Gasteiger partial charge < -0.3 is 22.9 Å². The molecular weight excluding hydrogens is 272 g/mol. The third-order valence-electron chi connectivity index (χ3n) is 5.53. The monoisotopic (exact) mass is 312 g/mol. The minimum absolute atomic E-state index is 0.279. The van der Waals surface area contributed by atoms with Gasteiger partial charge in [-0.15, -0.1) is 0 Å². The smallest absolute Gasteiger partial charge is 0.00495 e. The summed E-state index contributed by atoms with van der Waals surface area (Å²) in [5.41, 5.74) is 23.6. The predicted octanol–water partition coefficient (Wildman–Crippen LogP) is 2.20. The van der Waals surface area contributed by atoms with Crippen LogP contribution in [-0.4, -0.2) is 25.7 Å². The molecule has 0 spiro atoms. The van der Waals surface area contributed by atoms with Crippen LogP contribution in [0.4, 0.5) is 0 Å². The van der Waals surface area contributed by atoms with E-state index in [-0.39, 0.29) is 5.41 Å². The summed E-state index contributed by atoms with van der Waals surface area (Å²) >= 11 is 0. The number of hydrogen-bond acceptors (Lipinski definition) is 4. The quantitative estimate of drug-likeness (QED) is 0.641. The van der Waals surface area contributed by atoms with Crippen LogP contribution in [0.15, 0.2) is 0 Å². The molecule has 4 nitrogen and oxygen atoms in total. The predicted molar refractivity (Wildman–Crippen MR) is 96.3 cm³/mol. The van der Waals surface area contributed by atoms with Gasteiger partial charge in [-0.05, 0) is 80.8 Å². The van der Waals surface area contributed by atoms with Crippen LogP contribution < -0.4 is 22.9 Å². The summed E-state index contributed by atoms with van der Waals surface area (Å²) in [4.78, 5) is 0. The highest BCUT2D eigenvalue weighted by molar-refractivity contribution is 4.93. The zero-order valence-electron chi connectivity index (χ0n) is 15.1. The summed E-state index contributed by atoms with van der Waals surface area (Å²) in [6.45, 7) is 9.32. The maximum atomic E-state index is 6.01. The molecule has 0 radical (unpaired) electrons. The summed E-state index contributed by atoms with van der Waals surface area (Å²) in [5.74, 6) is 1.53.